The zero-order valence-corrected chi connectivity index (χ0v) is 11.6. The Labute approximate surface area is 119 Å². The first-order valence-corrected chi connectivity index (χ1v) is 7.12. The Morgan fingerprint density at radius 2 is 1.45 bits per heavy atom. The van der Waals surface area contributed by atoms with Gasteiger partial charge in [-0.1, -0.05) is 66.7 Å². The van der Waals surface area contributed by atoms with Gasteiger partial charge >= 0.3 is 0 Å². The molecule has 0 fully saturated rings. The minimum Gasteiger partial charge on any atom is -0.0716 e. The average molecular weight is 256 g/mol. The van der Waals surface area contributed by atoms with Crippen LogP contribution in [0.4, 0.5) is 0 Å². The van der Waals surface area contributed by atoms with Gasteiger partial charge in [0.15, 0.2) is 0 Å². The second-order valence-electron chi connectivity index (χ2n) is 5.45. The van der Waals surface area contributed by atoms with Crippen LogP contribution in [0.1, 0.15) is 22.3 Å². The molecule has 0 aromatic heterocycles. The molecule has 3 aromatic rings. The number of benzene rings is 3. The third-order valence-electron chi connectivity index (χ3n) is 4.26. The van der Waals surface area contributed by atoms with Crippen molar-refractivity contribution in [2.75, 3.05) is 0 Å². The van der Waals surface area contributed by atoms with Gasteiger partial charge in [-0.2, -0.15) is 0 Å². The van der Waals surface area contributed by atoms with Crippen LogP contribution in [0, 0.1) is 6.92 Å². The van der Waals surface area contributed by atoms with E-state index in [1.807, 2.05) is 0 Å². The van der Waals surface area contributed by atoms with Gasteiger partial charge in [0.2, 0.25) is 0 Å². The maximum absolute atomic E-state index is 2.36. The van der Waals surface area contributed by atoms with Crippen LogP contribution in [0.15, 0.2) is 66.7 Å². The van der Waals surface area contributed by atoms with Crippen LogP contribution in [-0.4, -0.2) is 0 Å². The Morgan fingerprint density at radius 1 is 0.700 bits per heavy atom. The second-order valence-corrected chi connectivity index (χ2v) is 5.45. The Balaban J connectivity index is 1.99. The molecule has 0 N–H and O–H groups in total. The second kappa shape index (κ2) is 4.35. The molecular formula is C20H16. The summed E-state index contributed by atoms with van der Waals surface area (Å²) in [5, 5.41) is 2.71. The lowest BCUT2D eigenvalue weighted by atomic mass is 9.93. The van der Waals surface area contributed by atoms with E-state index in [1.165, 1.54) is 38.6 Å². The molecule has 1 aliphatic rings. The van der Waals surface area contributed by atoms with E-state index in [9.17, 15) is 0 Å². The minimum absolute atomic E-state index is 1.05. The van der Waals surface area contributed by atoms with E-state index in [4.69, 9.17) is 0 Å². The molecule has 0 amide bonds. The van der Waals surface area contributed by atoms with Crippen LogP contribution in [-0.2, 0) is 6.42 Å². The van der Waals surface area contributed by atoms with E-state index < -0.39 is 0 Å². The van der Waals surface area contributed by atoms with Crippen LogP contribution in [0.2, 0.25) is 0 Å². The standard InChI is InChI=1S/C20H16/c1-14-6-4-10-18-16(14)9-5-11-19(18)20-13-12-15-7-2-3-8-17(15)20/h2-11,13H,12H2,1H3. The molecule has 0 spiro atoms. The van der Waals surface area contributed by atoms with E-state index in [0.717, 1.165) is 6.42 Å². The minimum atomic E-state index is 1.05. The van der Waals surface area contributed by atoms with E-state index in [1.54, 1.807) is 0 Å². The third kappa shape index (κ3) is 1.61. The van der Waals surface area contributed by atoms with Crippen molar-refractivity contribution in [1.29, 1.82) is 0 Å². The fourth-order valence-corrected chi connectivity index (χ4v) is 3.24. The van der Waals surface area contributed by atoms with Crippen molar-refractivity contribution in [3.05, 3.63) is 89.0 Å². The van der Waals surface area contributed by atoms with E-state index in [0.29, 0.717) is 0 Å². The predicted octanol–water partition coefficient (Wildman–Crippen LogP) is 5.14. The lowest BCUT2D eigenvalue weighted by molar-refractivity contribution is 1.31. The largest absolute Gasteiger partial charge is 0.0716 e. The SMILES string of the molecule is Cc1cccc2c(C3=CCc4ccccc43)cccc12. The van der Waals surface area contributed by atoms with Gasteiger partial charge in [-0.15, -0.1) is 0 Å². The van der Waals surface area contributed by atoms with Gasteiger partial charge in [-0.3, -0.25) is 0 Å². The third-order valence-corrected chi connectivity index (χ3v) is 4.26. The summed E-state index contributed by atoms with van der Waals surface area (Å²) in [6.07, 6.45) is 3.41. The predicted molar refractivity (Wildman–Crippen MR) is 85.9 cm³/mol. The lowest BCUT2D eigenvalue weighted by Crippen LogP contribution is -1.89. The molecule has 0 heteroatoms. The van der Waals surface area contributed by atoms with Crippen LogP contribution in [0.5, 0.6) is 0 Å². The van der Waals surface area contributed by atoms with Gasteiger partial charge in [0.05, 0.1) is 0 Å². The zero-order chi connectivity index (χ0) is 13.5. The van der Waals surface area contributed by atoms with Gasteiger partial charge in [0.1, 0.15) is 0 Å². The summed E-state index contributed by atoms with van der Waals surface area (Å²) in [7, 11) is 0. The average Bonchev–Trinajstić information content (AvgIpc) is 2.91. The Kier molecular flexibility index (Phi) is 2.50. The highest BCUT2D eigenvalue weighted by molar-refractivity contribution is 6.00. The number of rotatable bonds is 1. The van der Waals surface area contributed by atoms with Crippen molar-refractivity contribution in [1.82, 2.24) is 0 Å². The lowest BCUT2D eigenvalue weighted by Gasteiger charge is -2.11. The van der Waals surface area contributed by atoms with E-state index in [-0.39, 0.29) is 0 Å². The zero-order valence-electron chi connectivity index (χ0n) is 11.6. The van der Waals surface area contributed by atoms with Gasteiger partial charge in [-0.05, 0) is 51.9 Å². The Bertz CT molecular complexity index is 838. The molecule has 1 aliphatic carbocycles. The fourth-order valence-electron chi connectivity index (χ4n) is 3.24. The monoisotopic (exact) mass is 256 g/mol. The van der Waals surface area contributed by atoms with Crippen molar-refractivity contribution in [2.45, 2.75) is 13.3 Å². The first-order valence-electron chi connectivity index (χ1n) is 7.12. The first-order chi connectivity index (χ1) is 9.84. The summed E-state index contributed by atoms with van der Waals surface area (Å²) in [6, 6.07) is 21.9. The number of fused-ring (bicyclic) bond motifs is 2. The number of hydrogen-bond donors (Lipinski definition) is 0. The molecule has 0 aliphatic heterocycles. The topological polar surface area (TPSA) is 0 Å². The molecular weight excluding hydrogens is 240 g/mol. The summed E-state index contributed by atoms with van der Waals surface area (Å²) in [5.41, 5.74) is 6.91. The maximum Gasteiger partial charge on any atom is -0.00819 e. The summed E-state index contributed by atoms with van der Waals surface area (Å²) >= 11 is 0. The highest BCUT2D eigenvalue weighted by Crippen LogP contribution is 2.36. The van der Waals surface area contributed by atoms with Crippen molar-refractivity contribution < 1.29 is 0 Å². The first kappa shape index (κ1) is 11.5. The molecule has 0 saturated carbocycles. The van der Waals surface area contributed by atoms with Crippen LogP contribution in [0.3, 0.4) is 0 Å². The van der Waals surface area contributed by atoms with Crippen LogP contribution >= 0.6 is 0 Å². The fraction of sp³-hybridized carbons (Fsp3) is 0.100. The molecule has 4 rings (SSSR count). The number of allylic oxidation sites excluding steroid dienone is 1. The molecule has 0 heterocycles. The van der Waals surface area contributed by atoms with Crippen LogP contribution in [0.25, 0.3) is 16.3 Å². The van der Waals surface area contributed by atoms with Gasteiger partial charge in [0.25, 0.3) is 0 Å². The molecule has 0 saturated heterocycles. The van der Waals surface area contributed by atoms with Crippen molar-refractivity contribution in [2.24, 2.45) is 0 Å². The van der Waals surface area contributed by atoms with E-state index >= 15 is 0 Å². The normalized spacial score (nSPS) is 13.3. The highest BCUT2D eigenvalue weighted by atomic mass is 14.2. The molecule has 3 aromatic carbocycles. The van der Waals surface area contributed by atoms with Crippen molar-refractivity contribution >= 4 is 16.3 Å². The summed E-state index contributed by atoms with van der Waals surface area (Å²) in [4.78, 5) is 0. The van der Waals surface area contributed by atoms with Gasteiger partial charge < -0.3 is 0 Å². The molecule has 0 nitrogen and oxygen atoms in total. The quantitative estimate of drug-likeness (QED) is 0.565. The van der Waals surface area contributed by atoms with E-state index in [2.05, 4.69) is 73.7 Å². The van der Waals surface area contributed by atoms with Crippen molar-refractivity contribution in [3.63, 3.8) is 0 Å². The molecule has 96 valence electrons. The number of hydrogen-bond acceptors (Lipinski definition) is 0. The Morgan fingerprint density at radius 3 is 2.40 bits per heavy atom. The molecule has 20 heavy (non-hydrogen) atoms. The van der Waals surface area contributed by atoms with Gasteiger partial charge in [0, 0.05) is 0 Å². The van der Waals surface area contributed by atoms with Crippen molar-refractivity contribution in [3.8, 4) is 0 Å². The molecule has 0 radical (unpaired) electrons. The Hall–Kier alpha value is -2.34. The summed E-state index contributed by atoms with van der Waals surface area (Å²) in [6.45, 7) is 2.18. The molecule has 0 atom stereocenters. The highest BCUT2D eigenvalue weighted by Gasteiger charge is 2.16. The smallest absolute Gasteiger partial charge is 0.00819 e. The maximum atomic E-state index is 2.36. The van der Waals surface area contributed by atoms with Crippen LogP contribution < -0.4 is 0 Å². The van der Waals surface area contributed by atoms with Gasteiger partial charge in [-0.25, -0.2) is 0 Å². The molecule has 0 bridgehead atoms. The molecule has 0 unspecified atom stereocenters. The summed E-state index contributed by atoms with van der Waals surface area (Å²) < 4.78 is 0. The summed E-state index contributed by atoms with van der Waals surface area (Å²) in [5.74, 6) is 0. The number of aryl methyl sites for hydroxylation is 1.